The maximum Gasteiger partial charge on any atom is 0.246 e. The van der Waals surface area contributed by atoms with Crippen molar-refractivity contribution in [3.8, 4) is 16.3 Å². The second kappa shape index (κ2) is 9.03. The van der Waals surface area contributed by atoms with Gasteiger partial charge in [0.05, 0.1) is 16.3 Å². The molecule has 1 unspecified atom stereocenters. The molecule has 0 radical (unpaired) electrons. The molecule has 5 rings (SSSR count). The van der Waals surface area contributed by atoms with Crippen LogP contribution < -0.4 is 10.5 Å². The first kappa shape index (κ1) is 21.1. The van der Waals surface area contributed by atoms with E-state index in [1.807, 2.05) is 52.0 Å². The topological polar surface area (TPSA) is 99.2 Å². The number of aromatic nitrogens is 4. The van der Waals surface area contributed by atoms with Crippen LogP contribution in [0.4, 0.5) is 5.82 Å². The molecule has 1 amide bonds. The second-order valence-electron chi connectivity index (χ2n) is 7.90. The molecule has 1 fully saturated rings. The number of nitrogens with zero attached hydrogens (tertiary/aromatic N) is 5. The number of carbonyl (C=O) groups is 1. The largest absolute Gasteiger partial charge is 0.488 e. The van der Waals surface area contributed by atoms with Gasteiger partial charge in [-0.25, -0.2) is 14.6 Å². The van der Waals surface area contributed by atoms with Crippen LogP contribution in [0.25, 0.3) is 21.6 Å². The Morgan fingerprint density at radius 1 is 1.24 bits per heavy atom. The zero-order valence-corrected chi connectivity index (χ0v) is 18.9. The van der Waals surface area contributed by atoms with Crippen molar-refractivity contribution in [3.05, 3.63) is 66.3 Å². The molecule has 4 aromatic rings. The number of carbonyl (C=O) groups excluding carboxylic acids is 1. The molecular formula is C24H24N6O2S. The lowest BCUT2D eigenvalue weighted by atomic mass is 10.1. The normalized spacial score (nSPS) is 16.1. The van der Waals surface area contributed by atoms with E-state index in [0.29, 0.717) is 24.6 Å². The number of ether oxygens (including phenoxy) is 1. The highest BCUT2D eigenvalue weighted by Gasteiger charge is 2.28. The third kappa shape index (κ3) is 4.19. The van der Waals surface area contributed by atoms with Gasteiger partial charge in [0.2, 0.25) is 5.91 Å². The van der Waals surface area contributed by atoms with E-state index in [1.165, 1.54) is 12.4 Å². The van der Waals surface area contributed by atoms with Gasteiger partial charge in [0.1, 0.15) is 30.2 Å². The van der Waals surface area contributed by atoms with E-state index in [2.05, 4.69) is 16.5 Å². The molecular weight excluding hydrogens is 436 g/mol. The molecule has 33 heavy (non-hydrogen) atoms. The average molecular weight is 461 g/mol. The summed E-state index contributed by atoms with van der Waals surface area (Å²) < 4.78 is 7.80. The number of anilines is 1. The molecule has 0 spiro atoms. The second-order valence-corrected chi connectivity index (χ2v) is 9.07. The number of piperidine rings is 1. The Labute approximate surface area is 195 Å². The third-order valence-electron chi connectivity index (χ3n) is 5.77. The number of nitrogens with two attached hydrogens (primary N) is 1. The quantitative estimate of drug-likeness (QED) is 0.436. The average Bonchev–Trinajstić information content (AvgIpc) is 3.48. The van der Waals surface area contributed by atoms with Crippen LogP contribution in [-0.2, 0) is 11.4 Å². The van der Waals surface area contributed by atoms with E-state index in [9.17, 15) is 4.79 Å². The fourth-order valence-corrected chi connectivity index (χ4v) is 5.07. The molecule has 1 aromatic carbocycles. The lowest BCUT2D eigenvalue weighted by Gasteiger charge is -2.32. The fraction of sp³-hybridized carbons (Fsp3) is 0.250. The smallest absolute Gasteiger partial charge is 0.246 e. The monoisotopic (exact) mass is 460 g/mol. The summed E-state index contributed by atoms with van der Waals surface area (Å²) in [6.07, 6.45) is 4.62. The van der Waals surface area contributed by atoms with Gasteiger partial charge in [-0.1, -0.05) is 24.8 Å². The first-order valence-corrected chi connectivity index (χ1v) is 11.6. The number of rotatable bonds is 6. The Kier molecular flexibility index (Phi) is 5.78. The van der Waals surface area contributed by atoms with Crippen molar-refractivity contribution in [1.29, 1.82) is 0 Å². The number of para-hydroxylation sites is 1. The van der Waals surface area contributed by atoms with Crippen molar-refractivity contribution < 1.29 is 9.53 Å². The molecule has 0 bridgehead atoms. The van der Waals surface area contributed by atoms with Crippen molar-refractivity contribution in [1.82, 2.24) is 24.6 Å². The molecule has 8 nitrogen and oxygen atoms in total. The van der Waals surface area contributed by atoms with Crippen LogP contribution in [-0.4, -0.2) is 43.6 Å². The highest BCUT2D eigenvalue weighted by atomic mass is 32.1. The minimum atomic E-state index is -0.0631. The summed E-state index contributed by atoms with van der Waals surface area (Å²) >= 11 is 1.61. The molecule has 1 saturated heterocycles. The Hall–Kier alpha value is -3.72. The molecule has 168 valence electrons. The van der Waals surface area contributed by atoms with Gasteiger partial charge in [0, 0.05) is 18.0 Å². The predicted octanol–water partition coefficient (Wildman–Crippen LogP) is 4.07. The summed E-state index contributed by atoms with van der Waals surface area (Å²) in [5.74, 6) is 1.16. The van der Waals surface area contributed by atoms with E-state index < -0.39 is 0 Å². The third-order valence-corrected chi connectivity index (χ3v) is 6.83. The summed E-state index contributed by atoms with van der Waals surface area (Å²) in [6.45, 7) is 5.37. The van der Waals surface area contributed by atoms with Gasteiger partial charge in [-0.15, -0.1) is 11.3 Å². The zero-order chi connectivity index (χ0) is 22.8. The summed E-state index contributed by atoms with van der Waals surface area (Å²) in [7, 11) is 0. The van der Waals surface area contributed by atoms with Gasteiger partial charge >= 0.3 is 0 Å². The van der Waals surface area contributed by atoms with E-state index >= 15 is 0 Å². The number of nitrogen functional groups attached to an aromatic ring is 1. The van der Waals surface area contributed by atoms with Gasteiger partial charge in [0.25, 0.3) is 0 Å². The Bertz CT molecular complexity index is 1300. The summed E-state index contributed by atoms with van der Waals surface area (Å²) in [4.78, 5) is 24.7. The van der Waals surface area contributed by atoms with E-state index in [4.69, 9.17) is 15.6 Å². The number of hydrogen-bond donors (Lipinski definition) is 1. The van der Waals surface area contributed by atoms with Gasteiger partial charge in [-0.2, -0.15) is 5.10 Å². The maximum atomic E-state index is 12.2. The summed E-state index contributed by atoms with van der Waals surface area (Å²) in [5, 5.41) is 5.67. The predicted molar refractivity (Wildman–Crippen MR) is 129 cm³/mol. The van der Waals surface area contributed by atoms with E-state index in [1.54, 1.807) is 11.3 Å². The van der Waals surface area contributed by atoms with Crippen LogP contribution in [0.1, 0.15) is 23.8 Å². The van der Waals surface area contributed by atoms with Crippen LogP contribution in [0.3, 0.4) is 0 Å². The minimum Gasteiger partial charge on any atom is -0.488 e. The van der Waals surface area contributed by atoms with Gasteiger partial charge < -0.3 is 15.4 Å². The van der Waals surface area contributed by atoms with Crippen LogP contribution in [0, 0.1) is 0 Å². The molecule has 9 heteroatoms. The highest BCUT2D eigenvalue weighted by molar-refractivity contribution is 7.15. The number of amides is 1. The number of likely N-dealkylation sites (tertiary alicyclic amines) is 1. The van der Waals surface area contributed by atoms with Crippen molar-refractivity contribution in [2.45, 2.75) is 25.5 Å². The van der Waals surface area contributed by atoms with Gasteiger partial charge in [-0.3, -0.25) is 4.79 Å². The molecule has 0 saturated carbocycles. The van der Waals surface area contributed by atoms with Crippen LogP contribution >= 0.6 is 11.3 Å². The van der Waals surface area contributed by atoms with Gasteiger partial charge in [0.15, 0.2) is 5.65 Å². The number of benzene rings is 1. The number of hydrogen-bond acceptors (Lipinski definition) is 7. The summed E-state index contributed by atoms with van der Waals surface area (Å²) in [5.41, 5.74) is 7.72. The molecule has 3 aromatic heterocycles. The molecule has 1 aliphatic rings. The maximum absolute atomic E-state index is 12.2. The molecule has 1 atom stereocenters. The van der Waals surface area contributed by atoms with Crippen LogP contribution in [0.5, 0.6) is 5.75 Å². The Morgan fingerprint density at radius 3 is 2.91 bits per heavy atom. The van der Waals surface area contributed by atoms with Crippen LogP contribution in [0.15, 0.2) is 61.4 Å². The van der Waals surface area contributed by atoms with Crippen molar-refractivity contribution in [3.63, 3.8) is 0 Å². The summed E-state index contributed by atoms with van der Waals surface area (Å²) in [6, 6.07) is 13.8. The SMILES string of the molecule is C=CC(=O)N1CCCC(n2nc(-c3ccc(COc4ccccc4)s3)c3c(N)ncnc32)C1. The van der Waals surface area contributed by atoms with Crippen molar-refractivity contribution >= 4 is 34.1 Å². The minimum absolute atomic E-state index is 0.00838. The van der Waals surface area contributed by atoms with Gasteiger partial charge in [-0.05, 0) is 43.2 Å². The first-order valence-electron chi connectivity index (χ1n) is 10.8. The number of fused-ring (bicyclic) bond motifs is 1. The van der Waals surface area contributed by atoms with Crippen molar-refractivity contribution in [2.75, 3.05) is 18.8 Å². The van der Waals surface area contributed by atoms with E-state index in [-0.39, 0.29) is 11.9 Å². The lowest BCUT2D eigenvalue weighted by molar-refractivity contribution is -0.127. The highest BCUT2D eigenvalue weighted by Crippen LogP contribution is 2.37. The molecule has 2 N–H and O–H groups in total. The number of thiophene rings is 1. The Morgan fingerprint density at radius 2 is 2.09 bits per heavy atom. The van der Waals surface area contributed by atoms with E-state index in [0.717, 1.165) is 46.0 Å². The molecule has 0 aliphatic carbocycles. The molecule has 1 aliphatic heterocycles. The molecule has 4 heterocycles. The Balaban J connectivity index is 1.46. The zero-order valence-electron chi connectivity index (χ0n) is 18.1. The fourth-order valence-electron chi connectivity index (χ4n) is 4.16. The lowest BCUT2D eigenvalue weighted by Crippen LogP contribution is -2.40. The van der Waals surface area contributed by atoms with Crippen LogP contribution in [0.2, 0.25) is 0 Å². The first-order chi connectivity index (χ1) is 16.1. The van der Waals surface area contributed by atoms with Crippen molar-refractivity contribution in [2.24, 2.45) is 0 Å². The standard InChI is InChI=1S/C24H24N6O2S/c1-2-20(31)29-12-6-7-16(13-29)30-24-21(23(25)26-15-27-24)22(28-30)19-11-10-18(33-19)14-32-17-8-4-3-5-9-17/h2-5,8-11,15-16H,1,6-7,12-14H2,(H2,25,26,27).